The maximum Gasteiger partial charge on any atom is 0.281 e. The highest BCUT2D eigenvalue weighted by Gasteiger charge is 2.24. The summed E-state index contributed by atoms with van der Waals surface area (Å²) < 4.78 is 33.2. The lowest BCUT2D eigenvalue weighted by molar-refractivity contribution is -0.116. The average Bonchev–Trinajstić information content (AvgIpc) is 2.93. The van der Waals surface area contributed by atoms with E-state index in [-0.39, 0.29) is 29.2 Å². The lowest BCUT2D eigenvalue weighted by Crippen LogP contribution is -2.39. The minimum absolute atomic E-state index is 0.00266. The van der Waals surface area contributed by atoms with Crippen molar-refractivity contribution in [2.24, 2.45) is 0 Å². The molecule has 0 unspecified atom stereocenters. The molecule has 1 aliphatic rings. The molecule has 3 heterocycles. The van der Waals surface area contributed by atoms with Crippen LogP contribution >= 0.6 is 0 Å². The molecule has 1 aliphatic heterocycles. The lowest BCUT2D eigenvalue weighted by atomic mass is 10.2. The van der Waals surface area contributed by atoms with E-state index < -0.39 is 12.1 Å². The van der Waals surface area contributed by atoms with E-state index in [0.29, 0.717) is 64.8 Å². The van der Waals surface area contributed by atoms with Crippen molar-refractivity contribution >= 4 is 30.2 Å². The first kappa shape index (κ1) is 30.5. The zero-order valence-electron chi connectivity index (χ0n) is 22.8. The minimum atomic E-state index is -2.92. The van der Waals surface area contributed by atoms with Crippen LogP contribution in [0.15, 0.2) is 17.8 Å². The number of morpholine rings is 1. The van der Waals surface area contributed by atoms with Crippen molar-refractivity contribution in [1.29, 1.82) is 0 Å². The summed E-state index contributed by atoms with van der Waals surface area (Å²) >= 11 is 0. The van der Waals surface area contributed by atoms with Gasteiger partial charge in [-0.2, -0.15) is 15.0 Å². The van der Waals surface area contributed by atoms with Crippen molar-refractivity contribution < 1.29 is 23.1 Å². The second-order valence-corrected chi connectivity index (χ2v) is 9.32. The second kappa shape index (κ2) is 15.5. The van der Waals surface area contributed by atoms with Crippen LogP contribution in [0.2, 0.25) is 0 Å². The number of nitrogens with two attached hydrogens (primary N) is 1. The molecule has 2 amide bonds. The van der Waals surface area contributed by atoms with Gasteiger partial charge in [-0.05, 0) is 33.1 Å². The Hall–Kier alpha value is -4.01. The molecule has 0 spiro atoms. The van der Waals surface area contributed by atoms with Crippen molar-refractivity contribution in [1.82, 2.24) is 35.6 Å². The van der Waals surface area contributed by atoms with E-state index in [0.717, 1.165) is 24.8 Å². The first-order valence-corrected chi connectivity index (χ1v) is 13.1. The number of hydrogen-bond donors (Lipinski definition) is 3. The number of aromatic nitrogens is 5. The predicted octanol–water partition coefficient (Wildman–Crippen LogP) is 1.49. The van der Waals surface area contributed by atoms with E-state index in [1.165, 1.54) is 6.20 Å². The fourth-order valence-corrected chi connectivity index (χ4v) is 3.97. The van der Waals surface area contributed by atoms with Gasteiger partial charge in [-0.15, -0.1) is 0 Å². The molecule has 0 saturated carbocycles. The topological polar surface area (TPSA) is 164 Å². The van der Waals surface area contributed by atoms with E-state index in [2.05, 4.69) is 35.6 Å². The number of nitrogens with zero attached hydrogens (tertiary/aromatic N) is 7. The Morgan fingerprint density at radius 1 is 1.12 bits per heavy atom. The summed E-state index contributed by atoms with van der Waals surface area (Å²) in [5.74, 6) is 0.186. The van der Waals surface area contributed by atoms with Gasteiger partial charge in [0.15, 0.2) is 5.82 Å². The average molecular weight is 563 g/mol. The van der Waals surface area contributed by atoms with E-state index in [1.54, 1.807) is 6.08 Å². The number of hydrogen-bond acceptors (Lipinski definition) is 11. The highest BCUT2D eigenvalue weighted by molar-refractivity contribution is 5.87. The molecule has 0 aliphatic carbocycles. The van der Waals surface area contributed by atoms with Gasteiger partial charge >= 0.3 is 0 Å². The van der Waals surface area contributed by atoms with Crippen molar-refractivity contribution in [3.05, 3.63) is 23.5 Å². The molecule has 0 radical (unpaired) electrons. The molecule has 0 aromatic carbocycles. The molecular weight excluding hydrogens is 526 g/mol. The normalized spacial score (nSPS) is 13.2. The number of carbonyl (C=O) groups excluding carboxylic acids is 2. The molecule has 218 valence electrons. The fraction of sp³-hybridized carbons (Fsp3) is 0.560. The van der Waals surface area contributed by atoms with Crippen LogP contribution in [0.5, 0.6) is 0 Å². The maximum absolute atomic E-state index is 13.9. The van der Waals surface area contributed by atoms with Gasteiger partial charge in [0.2, 0.25) is 30.2 Å². The Balaban J connectivity index is 1.85. The van der Waals surface area contributed by atoms with E-state index in [4.69, 9.17) is 10.5 Å². The Morgan fingerprint density at radius 3 is 2.60 bits per heavy atom. The van der Waals surface area contributed by atoms with Gasteiger partial charge < -0.3 is 30.9 Å². The van der Waals surface area contributed by atoms with Crippen LogP contribution in [0, 0.1) is 0 Å². The molecule has 0 bridgehead atoms. The van der Waals surface area contributed by atoms with Gasteiger partial charge in [0, 0.05) is 51.5 Å². The van der Waals surface area contributed by atoms with Gasteiger partial charge in [-0.25, -0.2) is 18.7 Å². The third kappa shape index (κ3) is 9.32. The Morgan fingerprint density at radius 2 is 1.90 bits per heavy atom. The molecule has 2 aromatic heterocycles. The number of halogens is 2. The maximum atomic E-state index is 13.9. The fourth-order valence-electron chi connectivity index (χ4n) is 3.97. The number of alkyl halides is 2. The molecule has 0 atom stereocenters. The highest BCUT2D eigenvalue weighted by atomic mass is 19.3. The highest BCUT2D eigenvalue weighted by Crippen LogP contribution is 2.29. The first-order chi connectivity index (χ1) is 19.3. The van der Waals surface area contributed by atoms with Crippen LogP contribution in [0.25, 0.3) is 11.4 Å². The monoisotopic (exact) mass is 562 g/mol. The molecule has 15 heteroatoms. The van der Waals surface area contributed by atoms with E-state index >= 15 is 0 Å². The molecule has 13 nitrogen and oxygen atoms in total. The number of rotatable bonds is 15. The summed E-state index contributed by atoms with van der Waals surface area (Å²) in [5.41, 5.74) is 5.88. The Labute approximate surface area is 231 Å². The summed E-state index contributed by atoms with van der Waals surface area (Å²) in [4.78, 5) is 47.7. The number of allylic oxidation sites excluding steroid dienone is 1. The van der Waals surface area contributed by atoms with Crippen molar-refractivity contribution in [2.45, 2.75) is 39.5 Å². The molecule has 1 saturated heterocycles. The first-order valence-electron chi connectivity index (χ1n) is 13.1. The van der Waals surface area contributed by atoms with Crippen LogP contribution in [0.3, 0.4) is 0 Å². The standard InChI is InChI=1S/C25H36F2N10O3/c1-17(2)14-19(39)30-6-4-3-5-8-36(9-7-29-16-38)24-33-22(18-15-31-23(28)32-20(18)21(26)27)34-25(35-24)37-10-12-40-13-11-37/h14-16,21H,3-13H2,1-2H3,(H,29,38)(H,30,39)(H2,28,31,32). The van der Waals surface area contributed by atoms with Crippen LogP contribution in [0.1, 0.15) is 45.2 Å². The molecule has 2 aromatic rings. The van der Waals surface area contributed by atoms with Gasteiger partial charge in [0.1, 0.15) is 5.69 Å². The van der Waals surface area contributed by atoms with E-state index in [9.17, 15) is 18.4 Å². The number of nitrogen functional groups attached to an aromatic ring is 1. The smallest absolute Gasteiger partial charge is 0.281 e. The lowest BCUT2D eigenvalue weighted by Gasteiger charge is -2.29. The van der Waals surface area contributed by atoms with E-state index in [1.807, 2.05) is 23.6 Å². The summed E-state index contributed by atoms with van der Waals surface area (Å²) in [6.45, 7) is 7.47. The predicted molar refractivity (Wildman–Crippen MR) is 146 cm³/mol. The third-order valence-electron chi connectivity index (χ3n) is 5.91. The van der Waals surface area contributed by atoms with Crippen molar-refractivity contribution in [3.63, 3.8) is 0 Å². The van der Waals surface area contributed by atoms with Crippen LogP contribution in [-0.2, 0) is 14.3 Å². The summed E-state index contributed by atoms with van der Waals surface area (Å²) in [5, 5.41) is 5.49. The quantitative estimate of drug-likeness (QED) is 0.164. The number of nitrogens with one attached hydrogen (secondary N) is 2. The van der Waals surface area contributed by atoms with Gasteiger partial charge in [0.05, 0.1) is 18.8 Å². The number of carbonyl (C=O) groups is 2. The molecule has 4 N–H and O–H groups in total. The van der Waals surface area contributed by atoms with Gasteiger partial charge in [-0.1, -0.05) is 5.57 Å². The third-order valence-corrected chi connectivity index (χ3v) is 5.91. The zero-order valence-corrected chi connectivity index (χ0v) is 22.8. The van der Waals surface area contributed by atoms with Crippen LogP contribution < -0.4 is 26.2 Å². The summed E-state index contributed by atoms with van der Waals surface area (Å²) in [6, 6.07) is 0. The number of ether oxygens (including phenoxy) is 1. The Bertz CT molecular complexity index is 1160. The SMILES string of the molecule is CC(C)=CC(=O)NCCCCCN(CCNC=O)c1nc(-c2cnc(N)nc2C(F)F)nc(N2CCOCC2)n1. The number of amides is 2. The Kier molecular flexibility index (Phi) is 11.9. The minimum Gasteiger partial charge on any atom is -0.378 e. The summed E-state index contributed by atoms with van der Waals surface area (Å²) in [6.07, 6.45) is 2.74. The number of unbranched alkanes of at least 4 members (excludes halogenated alkanes) is 2. The second-order valence-electron chi connectivity index (χ2n) is 9.32. The van der Waals surface area contributed by atoms with Gasteiger partial charge in [-0.3, -0.25) is 9.59 Å². The summed E-state index contributed by atoms with van der Waals surface area (Å²) in [7, 11) is 0. The number of anilines is 3. The molecular formula is C25H36F2N10O3. The zero-order chi connectivity index (χ0) is 28.9. The molecule has 1 fully saturated rings. The largest absolute Gasteiger partial charge is 0.378 e. The van der Waals surface area contributed by atoms with Gasteiger partial charge in [0.25, 0.3) is 6.43 Å². The van der Waals surface area contributed by atoms with Crippen LogP contribution in [0.4, 0.5) is 26.6 Å². The van der Waals surface area contributed by atoms with Crippen LogP contribution in [-0.4, -0.2) is 89.7 Å². The van der Waals surface area contributed by atoms with Crippen molar-refractivity contribution in [2.75, 3.05) is 68.0 Å². The van der Waals surface area contributed by atoms with Crippen molar-refractivity contribution in [3.8, 4) is 11.4 Å². The molecule has 40 heavy (non-hydrogen) atoms. The molecule has 3 rings (SSSR count).